The van der Waals surface area contributed by atoms with Crippen LogP contribution >= 0.6 is 0 Å². The Bertz CT molecular complexity index is 314. The van der Waals surface area contributed by atoms with Gasteiger partial charge in [-0.2, -0.15) is 4.99 Å². The van der Waals surface area contributed by atoms with E-state index in [2.05, 4.69) is 4.99 Å². The van der Waals surface area contributed by atoms with Gasteiger partial charge in [0.2, 0.25) is 0 Å². The fraction of sp³-hybridized carbons (Fsp3) is 0.125. The molecule has 1 aromatic carbocycles. The lowest BCUT2D eigenvalue weighted by atomic mass is 10.2. The molecule has 0 heterocycles. The van der Waals surface area contributed by atoms with Crippen LogP contribution < -0.4 is 0 Å². The van der Waals surface area contributed by atoms with Gasteiger partial charge in [0, 0.05) is 5.56 Å². The van der Waals surface area contributed by atoms with Crippen molar-refractivity contribution >= 4 is 11.7 Å². The molecule has 0 amide bonds. The first-order valence-electron chi connectivity index (χ1n) is 3.13. The van der Waals surface area contributed by atoms with Crippen molar-refractivity contribution in [3.63, 3.8) is 0 Å². The summed E-state index contributed by atoms with van der Waals surface area (Å²) in [5, 5.41) is 6.57. The summed E-state index contributed by atoms with van der Waals surface area (Å²) < 4.78 is 12.8. The van der Waals surface area contributed by atoms with Crippen LogP contribution in [0.15, 0.2) is 23.2 Å². The predicted molar refractivity (Wildman–Crippen MR) is 41.0 cm³/mol. The molecule has 1 N–H and O–H groups in total. The average molecular weight is 150 g/mol. The zero-order valence-corrected chi connectivity index (χ0v) is 6.06. The van der Waals surface area contributed by atoms with Crippen LogP contribution in [-0.4, -0.2) is 6.01 Å². The van der Waals surface area contributed by atoms with Crippen LogP contribution in [0.2, 0.25) is 0 Å². The number of halogens is 1. The molecule has 1 aromatic rings. The lowest BCUT2D eigenvalue weighted by Crippen LogP contribution is -1.80. The molecule has 0 radical (unpaired) electrons. The number of nitrogens with zero attached hydrogens (tertiary/aromatic N) is 1. The third-order valence-electron chi connectivity index (χ3n) is 1.42. The highest BCUT2D eigenvalue weighted by Crippen LogP contribution is 2.19. The minimum atomic E-state index is -0.304. The van der Waals surface area contributed by atoms with Gasteiger partial charge in [-0.1, -0.05) is 6.07 Å². The number of benzene rings is 1. The van der Waals surface area contributed by atoms with Crippen LogP contribution in [0.5, 0.6) is 0 Å². The molecule has 0 fully saturated rings. The molecule has 0 aliphatic carbocycles. The Kier molecular flexibility index (Phi) is 2.14. The van der Waals surface area contributed by atoms with Gasteiger partial charge in [0.15, 0.2) is 0 Å². The standard InChI is InChI=1S/C8H7FN2/c1-6-7(9)3-2-4-8(6)11-5-10/h2-4,10H,1H3. The maximum Gasteiger partial charge on any atom is 0.128 e. The zero-order chi connectivity index (χ0) is 8.27. The maximum absolute atomic E-state index is 12.8. The molecule has 2 nitrogen and oxygen atoms in total. The highest BCUT2D eigenvalue weighted by Gasteiger charge is 1.99. The molecule has 0 unspecified atom stereocenters. The van der Waals surface area contributed by atoms with Gasteiger partial charge in [-0.05, 0) is 19.1 Å². The molecular weight excluding hydrogens is 143 g/mol. The van der Waals surface area contributed by atoms with Crippen molar-refractivity contribution in [2.24, 2.45) is 4.99 Å². The van der Waals surface area contributed by atoms with E-state index >= 15 is 0 Å². The van der Waals surface area contributed by atoms with E-state index in [1.54, 1.807) is 19.1 Å². The van der Waals surface area contributed by atoms with Crippen molar-refractivity contribution in [2.45, 2.75) is 6.92 Å². The molecule has 0 aromatic heterocycles. The Morgan fingerprint density at radius 1 is 1.55 bits per heavy atom. The molecule has 0 aliphatic heterocycles. The summed E-state index contributed by atoms with van der Waals surface area (Å²) in [4.78, 5) is 3.54. The van der Waals surface area contributed by atoms with E-state index in [1.807, 2.05) is 6.01 Å². The van der Waals surface area contributed by atoms with Gasteiger partial charge in [0.1, 0.15) is 5.82 Å². The van der Waals surface area contributed by atoms with E-state index in [-0.39, 0.29) is 5.82 Å². The molecule has 0 spiro atoms. The molecule has 3 heteroatoms. The topological polar surface area (TPSA) is 36.2 Å². The molecule has 0 bridgehead atoms. The normalized spacial score (nSPS) is 8.91. The first-order chi connectivity index (χ1) is 5.25. The minimum absolute atomic E-state index is 0.304. The summed E-state index contributed by atoms with van der Waals surface area (Å²) in [6, 6.07) is 6.41. The third-order valence-corrected chi connectivity index (χ3v) is 1.42. The number of rotatable bonds is 1. The second-order valence-corrected chi connectivity index (χ2v) is 2.11. The smallest absolute Gasteiger partial charge is 0.128 e. The Balaban J connectivity index is 3.26. The number of hydrogen-bond acceptors (Lipinski definition) is 2. The molecule has 1 rings (SSSR count). The molecule has 0 saturated carbocycles. The van der Waals surface area contributed by atoms with Crippen molar-refractivity contribution < 1.29 is 4.39 Å². The lowest BCUT2D eigenvalue weighted by molar-refractivity contribution is 0.619. The van der Waals surface area contributed by atoms with Crippen LogP contribution in [0.3, 0.4) is 0 Å². The lowest BCUT2D eigenvalue weighted by Gasteiger charge is -1.97. The first kappa shape index (κ1) is 7.63. The molecule has 11 heavy (non-hydrogen) atoms. The Morgan fingerprint density at radius 2 is 2.27 bits per heavy atom. The van der Waals surface area contributed by atoms with Crippen LogP contribution in [0, 0.1) is 18.2 Å². The summed E-state index contributed by atoms with van der Waals surface area (Å²) in [6.07, 6.45) is 0. The Labute approximate surface area is 63.9 Å². The summed E-state index contributed by atoms with van der Waals surface area (Å²) >= 11 is 0. The van der Waals surface area contributed by atoms with E-state index in [4.69, 9.17) is 5.41 Å². The molecule has 0 atom stereocenters. The van der Waals surface area contributed by atoms with Crippen LogP contribution in [-0.2, 0) is 0 Å². The fourth-order valence-electron chi connectivity index (χ4n) is 0.777. The van der Waals surface area contributed by atoms with Crippen LogP contribution in [0.1, 0.15) is 5.56 Å². The molecular formula is C8H7FN2. The van der Waals surface area contributed by atoms with E-state index in [9.17, 15) is 4.39 Å². The average Bonchev–Trinajstić information content (AvgIpc) is 1.99. The second-order valence-electron chi connectivity index (χ2n) is 2.11. The highest BCUT2D eigenvalue weighted by molar-refractivity contribution is 5.54. The number of nitrogens with one attached hydrogen (secondary N) is 1. The first-order valence-corrected chi connectivity index (χ1v) is 3.13. The Morgan fingerprint density at radius 3 is 2.91 bits per heavy atom. The van der Waals surface area contributed by atoms with Gasteiger partial charge in [0.25, 0.3) is 0 Å². The van der Waals surface area contributed by atoms with Gasteiger partial charge in [0.05, 0.1) is 11.7 Å². The Hall–Kier alpha value is -1.47. The van der Waals surface area contributed by atoms with Crippen molar-refractivity contribution in [1.82, 2.24) is 0 Å². The summed E-state index contributed by atoms with van der Waals surface area (Å²) in [5.41, 5.74) is 0.909. The predicted octanol–water partition coefficient (Wildman–Crippen LogP) is 2.52. The molecule has 56 valence electrons. The van der Waals surface area contributed by atoms with E-state index in [1.165, 1.54) is 6.07 Å². The summed E-state index contributed by atoms with van der Waals surface area (Å²) in [7, 11) is 0. The molecule has 0 aliphatic rings. The van der Waals surface area contributed by atoms with Gasteiger partial charge in [-0.25, -0.2) is 9.80 Å². The SMILES string of the molecule is Cc1c(F)cccc1N=C=N. The third kappa shape index (κ3) is 1.51. The van der Waals surface area contributed by atoms with Gasteiger partial charge >= 0.3 is 0 Å². The molecule has 0 saturated heterocycles. The van der Waals surface area contributed by atoms with E-state index in [0.29, 0.717) is 11.3 Å². The van der Waals surface area contributed by atoms with Gasteiger partial charge < -0.3 is 0 Å². The largest absolute Gasteiger partial charge is 0.241 e. The minimum Gasteiger partial charge on any atom is -0.241 e. The number of aliphatic imine (C=N–C) groups is 1. The van der Waals surface area contributed by atoms with Crippen molar-refractivity contribution in [3.05, 3.63) is 29.6 Å². The van der Waals surface area contributed by atoms with Crippen molar-refractivity contribution in [3.8, 4) is 0 Å². The quantitative estimate of drug-likeness (QED) is 0.597. The summed E-state index contributed by atoms with van der Waals surface area (Å²) in [6.45, 7) is 1.62. The summed E-state index contributed by atoms with van der Waals surface area (Å²) in [5.74, 6) is -0.304. The van der Waals surface area contributed by atoms with Crippen molar-refractivity contribution in [2.75, 3.05) is 0 Å². The highest BCUT2D eigenvalue weighted by atomic mass is 19.1. The van der Waals surface area contributed by atoms with Crippen LogP contribution in [0.25, 0.3) is 0 Å². The van der Waals surface area contributed by atoms with Gasteiger partial charge in [-0.15, -0.1) is 0 Å². The van der Waals surface area contributed by atoms with E-state index in [0.717, 1.165) is 0 Å². The zero-order valence-electron chi connectivity index (χ0n) is 6.06. The van der Waals surface area contributed by atoms with Crippen molar-refractivity contribution in [1.29, 1.82) is 5.41 Å². The van der Waals surface area contributed by atoms with Crippen LogP contribution in [0.4, 0.5) is 10.1 Å². The van der Waals surface area contributed by atoms with E-state index < -0.39 is 0 Å². The van der Waals surface area contributed by atoms with Gasteiger partial charge in [-0.3, -0.25) is 0 Å². The number of hydrogen-bond donors (Lipinski definition) is 1. The second kappa shape index (κ2) is 3.08. The maximum atomic E-state index is 12.8. The fourth-order valence-corrected chi connectivity index (χ4v) is 0.777. The monoisotopic (exact) mass is 150 g/mol.